The average molecular weight is 1150 g/mol. The highest BCUT2D eigenvalue weighted by Gasteiger charge is 2.45. The zero-order chi connectivity index (χ0) is 57.6. The molecule has 80 heavy (non-hydrogen) atoms. The van der Waals surface area contributed by atoms with Gasteiger partial charge in [-0.05, 0) is 31.4 Å². The van der Waals surface area contributed by atoms with Crippen LogP contribution in [-0.4, -0.2) is 218 Å². The number of rotatable bonds is 48. The van der Waals surface area contributed by atoms with E-state index in [1.54, 1.807) is 6.07 Å². The summed E-state index contributed by atoms with van der Waals surface area (Å²) in [6, 6.07) is 3.48. The second kappa shape index (κ2) is 40.9. The zero-order valence-electron chi connectivity index (χ0n) is 44.6. The van der Waals surface area contributed by atoms with Crippen LogP contribution in [0.1, 0.15) is 65.7 Å². The maximum Gasteiger partial charge on any atom is 0.313 e. The fourth-order valence-corrected chi connectivity index (χ4v) is 7.23. The van der Waals surface area contributed by atoms with Crippen molar-refractivity contribution in [1.29, 1.82) is 0 Å². The van der Waals surface area contributed by atoms with Gasteiger partial charge in [0.25, 0.3) is 11.8 Å². The van der Waals surface area contributed by atoms with Crippen molar-refractivity contribution in [2.24, 2.45) is 0 Å². The lowest BCUT2D eigenvalue weighted by molar-refractivity contribution is -0.137. The number of carbonyl (C=O) groups is 6. The maximum atomic E-state index is 13.6. The first-order valence-electron chi connectivity index (χ1n) is 26.3. The van der Waals surface area contributed by atoms with E-state index in [0.29, 0.717) is 145 Å². The predicted molar refractivity (Wildman–Crippen MR) is 267 cm³/mol. The molecule has 0 aliphatic carbocycles. The zero-order valence-corrected chi connectivity index (χ0v) is 44.6. The molecule has 1 saturated heterocycles. The second-order valence-electron chi connectivity index (χ2n) is 17.1. The van der Waals surface area contributed by atoms with Crippen LogP contribution < -0.4 is 15.4 Å². The molecule has 450 valence electrons. The number of hydrogen-bond acceptors (Lipinski definition) is 20. The van der Waals surface area contributed by atoms with Gasteiger partial charge in [0, 0.05) is 19.4 Å². The third-order valence-electron chi connectivity index (χ3n) is 11.2. The monoisotopic (exact) mass is 1150 g/mol. The quantitative estimate of drug-likeness (QED) is 0.0183. The number of esters is 1. The second-order valence-corrected chi connectivity index (χ2v) is 17.1. The van der Waals surface area contributed by atoms with Crippen LogP contribution in [0.5, 0.6) is 5.75 Å². The number of anilines is 1. The lowest BCUT2D eigenvalue weighted by Gasteiger charge is -2.27. The third kappa shape index (κ3) is 25.7. The summed E-state index contributed by atoms with van der Waals surface area (Å²) in [5, 5.41) is 4.89. The van der Waals surface area contributed by atoms with Crippen LogP contribution >= 0.6 is 0 Å². The first-order chi connectivity index (χ1) is 38.9. The standard InChI is InChI=1S/C52H72F5N3O20/c53-44-45(54)47(56)49(48(57)46(44)55)80-42(63)10-12-68-14-16-70-18-20-72-22-24-74-26-28-76-30-32-78-34-36-79-35-33-77-31-29-75-27-25-73-23-21-71-19-17-69-15-13-67-11-3-1-2-7-40(61)58-38-6-4-5-37-43(38)52(66)60(51(37)65)39-8-9-41(62)59-50(39)64/h4-6,39H,1-3,7-36H2,(H,58,61)(H,59,62,64). The number of carbonyl (C=O) groups excluding carboxylic acids is 6. The molecule has 2 aliphatic rings. The number of unbranched alkanes of at least 4 members (excludes halogenated alkanes) is 2. The van der Waals surface area contributed by atoms with E-state index in [1.165, 1.54) is 12.1 Å². The van der Waals surface area contributed by atoms with Gasteiger partial charge in [0.1, 0.15) is 6.04 Å². The van der Waals surface area contributed by atoms with Gasteiger partial charge in [-0.25, -0.2) is 13.2 Å². The summed E-state index contributed by atoms with van der Waals surface area (Å²) >= 11 is 0. The van der Waals surface area contributed by atoms with Crippen LogP contribution in [0.15, 0.2) is 18.2 Å². The molecule has 0 aromatic heterocycles. The molecule has 1 atom stereocenters. The summed E-state index contributed by atoms with van der Waals surface area (Å²) in [6.07, 6.45) is 1.84. The van der Waals surface area contributed by atoms with Crippen LogP contribution in [0.3, 0.4) is 0 Å². The molecule has 0 saturated carbocycles. The summed E-state index contributed by atoms with van der Waals surface area (Å²) < 4.78 is 142. The number of ether oxygens (including phenoxy) is 14. The Balaban J connectivity index is 0.773. The number of imide groups is 2. The van der Waals surface area contributed by atoms with Gasteiger partial charge in [-0.3, -0.25) is 39.0 Å². The molecular weight excluding hydrogens is 1080 g/mol. The summed E-state index contributed by atoms with van der Waals surface area (Å²) in [6.45, 7) is 9.21. The number of nitrogens with one attached hydrogen (secondary N) is 2. The molecule has 2 N–H and O–H groups in total. The molecule has 5 amide bonds. The van der Waals surface area contributed by atoms with Gasteiger partial charge in [-0.15, -0.1) is 0 Å². The van der Waals surface area contributed by atoms with E-state index in [9.17, 15) is 50.7 Å². The van der Waals surface area contributed by atoms with Crippen molar-refractivity contribution < 1.29 is 117 Å². The first-order valence-corrected chi connectivity index (χ1v) is 26.3. The summed E-state index contributed by atoms with van der Waals surface area (Å²) in [5.41, 5.74) is 0.336. The van der Waals surface area contributed by atoms with Gasteiger partial charge in [0.2, 0.25) is 52.6 Å². The lowest BCUT2D eigenvalue weighted by atomic mass is 10.0. The Labute approximate surface area is 459 Å². The van der Waals surface area contributed by atoms with Gasteiger partial charge in [0.05, 0.1) is 188 Å². The highest BCUT2D eigenvalue weighted by molar-refractivity contribution is 6.26. The van der Waals surface area contributed by atoms with E-state index in [0.717, 1.165) is 17.7 Å². The van der Waals surface area contributed by atoms with Crippen LogP contribution in [0.4, 0.5) is 27.6 Å². The normalized spacial score (nSPS) is 14.3. The number of amides is 5. The number of benzene rings is 2. The largest absolute Gasteiger partial charge is 0.420 e. The number of hydrogen-bond donors (Lipinski definition) is 2. The van der Waals surface area contributed by atoms with Crippen LogP contribution in [0.25, 0.3) is 0 Å². The van der Waals surface area contributed by atoms with E-state index in [1.807, 2.05) is 0 Å². The smallest absolute Gasteiger partial charge is 0.313 e. The third-order valence-corrected chi connectivity index (χ3v) is 11.2. The van der Waals surface area contributed by atoms with Crippen molar-refractivity contribution in [2.45, 2.75) is 51.0 Å². The highest BCUT2D eigenvalue weighted by atomic mass is 19.2. The molecule has 0 radical (unpaired) electrons. The Morgan fingerprint density at radius 3 is 1.27 bits per heavy atom. The van der Waals surface area contributed by atoms with Gasteiger partial charge in [-0.1, -0.05) is 12.5 Å². The molecule has 2 aromatic carbocycles. The predicted octanol–water partition coefficient (Wildman–Crippen LogP) is 3.49. The fraction of sp³-hybridized carbons (Fsp3) is 0.654. The molecule has 28 heteroatoms. The van der Waals surface area contributed by atoms with Gasteiger partial charge in [0.15, 0.2) is 0 Å². The van der Waals surface area contributed by atoms with Crippen molar-refractivity contribution in [2.75, 3.05) is 177 Å². The van der Waals surface area contributed by atoms with Crippen LogP contribution in [0.2, 0.25) is 0 Å². The summed E-state index contributed by atoms with van der Waals surface area (Å²) in [4.78, 5) is 75.4. The molecule has 1 unspecified atom stereocenters. The molecule has 0 spiro atoms. The van der Waals surface area contributed by atoms with E-state index < -0.39 is 76.9 Å². The molecule has 23 nitrogen and oxygen atoms in total. The van der Waals surface area contributed by atoms with Gasteiger partial charge >= 0.3 is 5.97 Å². The Morgan fingerprint density at radius 2 is 0.863 bits per heavy atom. The summed E-state index contributed by atoms with van der Waals surface area (Å²) in [7, 11) is 0. The van der Waals surface area contributed by atoms with E-state index >= 15 is 0 Å². The van der Waals surface area contributed by atoms with E-state index in [2.05, 4.69) is 15.4 Å². The molecular formula is C52H72F5N3O20. The lowest BCUT2D eigenvalue weighted by Crippen LogP contribution is -2.54. The Morgan fingerprint density at radius 1 is 0.475 bits per heavy atom. The van der Waals surface area contributed by atoms with Crippen molar-refractivity contribution in [1.82, 2.24) is 10.2 Å². The minimum absolute atomic E-state index is 0.0142. The minimum atomic E-state index is -2.36. The highest BCUT2D eigenvalue weighted by Crippen LogP contribution is 2.33. The number of fused-ring (bicyclic) bond motifs is 1. The van der Waals surface area contributed by atoms with Crippen molar-refractivity contribution in [3.05, 3.63) is 58.4 Å². The molecule has 0 bridgehead atoms. The Bertz CT molecular complexity index is 2170. The van der Waals surface area contributed by atoms with Crippen LogP contribution in [-0.2, 0) is 80.8 Å². The minimum Gasteiger partial charge on any atom is -0.420 e. The first kappa shape index (κ1) is 67.3. The molecule has 2 aromatic rings. The van der Waals surface area contributed by atoms with Gasteiger partial charge < -0.3 is 71.6 Å². The number of nitrogens with zero attached hydrogens (tertiary/aromatic N) is 1. The molecule has 4 rings (SSSR count). The van der Waals surface area contributed by atoms with Crippen molar-refractivity contribution >= 4 is 41.2 Å². The number of piperidine rings is 1. The van der Waals surface area contributed by atoms with E-state index in [4.69, 9.17) is 61.6 Å². The molecule has 2 aliphatic heterocycles. The van der Waals surface area contributed by atoms with Crippen molar-refractivity contribution in [3.63, 3.8) is 0 Å². The topological polar surface area (TPSA) is 259 Å². The number of halogens is 5. The fourth-order valence-electron chi connectivity index (χ4n) is 7.23. The molecule has 2 heterocycles. The average Bonchev–Trinajstić information content (AvgIpc) is 3.79. The van der Waals surface area contributed by atoms with E-state index in [-0.39, 0.29) is 75.0 Å². The summed E-state index contributed by atoms with van der Waals surface area (Å²) in [5.74, 6) is -17.0. The SMILES string of the molecule is O=C1CCC(N2C(=O)c3cccc(NC(=O)CCCCCOCCOCCOCCOCCOCCOCCOCCOCCOCCOCCOCCOCCOCCC(=O)Oc4c(F)c(F)c(F)c(F)c4F)c3C2=O)C(=O)N1. The van der Waals surface area contributed by atoms with Crippen molar-refractivity contribution in [3.8, 4) is 5.75 Å². The van der Waals surface area contributed by atoms with Gasteiger partial charge in [-0.2, -0.15) is 8.78 Å². The Kier molecular flexibility index (Phi) is 34.4. The van der Waals surface area contributed by atoms with Crippen LogP contribution in [0, 0.1) is 29.1 Å². The maximum absolute atomic E-state index is 13.6. The molecule has 1 fully saturated rings. The Hall–Kier alpha value is -5.21.